The van der Waals surface area contributed by atoms with E-state index >= 15 is 0 Å². The molecule has 10 heteroatoms. The summed E-state index contributed by atoms with van der Waals surface area (Å²) in [6, 6.07) is 18.4. The minimum Gasteiger partial charge on any atom is -0.480 e. The molecular formula is C32H40F2N2O6. The summed E-state index contributed by atoms with van der Waals surface area (Å²) < 4.78 is 31.6. The maximum atomic E-state index is 13.4. The van der Waals surface area contributed by atoms with E-state index in [4.69, 9.17) is 4.74 Å². The van der Waals surface area contributed by atoms with E-state index in [0.29, 0.717) is 0 Å². The first-order chi connectivity index (χ1) is 19.9. The smallest absolute Gasteiger partial charge is 0.321 e. The molecule has 228 valence electrons. The highest BCUT2D eigenvalue weighted by molar-refractivity contribution is 6.04. The van der Waals surface area contributed by atoms with Crippen LogP contribution in [0.5, 0.6) is 0 Å². The number of aliphatic carboxylic acids is 1. The Morgan fingerprint density at radius 2 is 1.21 bits per heavy atom. The molecule has 0 aromatic heterocycles. The van der Waals surface area contributed by atoms with Gasteiger partial charge in [-0.05, 0) is 45.7 Å². The number of carboxylic acid groups (broad SMARTS) is 1. The SMILES string of the molecule is CCOC(=O)[C@]1(C)C(=O)N([C@H](C)c2ccccc2)C[C@@H]1CF.C[C@H](c1ccccc1)N1C[C@H](CF)[C@](C)(C(=O)O)C1=O. The fourth-order valence-corrected chi connectivity index (χ4v) is 5.65. The number of rotatable bonds is 9. The molecule has 2 fully saturated rings. The summed E-state index contributed by atoms with van der Waals surface area (Å²) >= 11 is 0. The van der Waals surface area contributed by atoms with Gasteiger partial charge in [-0.25, -0.2) is 0 Å². The van der Waals surface area contributed by atoms with E-state index in [1.165, 1.54) is 18.7 Å². The van der Waals surface area contributed by atoms with Crippen LogP contribution in [0, 0.1) is 22.7 Å². The van der Waals surface area contributed by atoms with Crippen LogP contribution in [0.1, 0.15) is 57.8 Å². The molecule has 2 saturated heterocycles. The second kappa shape index (κ2) is 13.4. The Balaban J connectivity index is 0.000000231. The van der Waals surface area contributed by atoms with Gasteiger partial charge in [0.15, 0.2) is 10.8 Å². The number of amides is 2. The Bertz CT molecular complexity index is 1260. The van der Waals surface area contributed by atoms with E-state index in [0.717, 1.165) is 11.1 Å². The summed E-state index contributed by atoms with van der Waals surface area (Å²) in [6.07, 6.45) is 0. The van der Waals surface area contributed by atoms with Gasteiger partial charge in [-0.2, -0.15) is 0 Å². The molecule has 0 aliphatic carbocycles. The Morgan fingerprint density at radius 3 is 1.55 bits per heavy atom. The second-order valence-corrected chi connectivity index (χ2v) is 11.2. The molecular weight excluding hydrogens is 546 g/mol. The van der Waals surface area contributed by atoms with Crippen LogP contribution >= 0.6 is 0 Å². The van der Waals surface area contributed by atoms with Crippen molar-refractivity contribution in [1.82, 2.24) is 9.80 Å². The first kappa shape index (κ1) is 32.7. The van der Waals surface area contributed by atoms with E-state index in [9.17, 15) is 33.1 Å². The molecule has 2 aliphatic rings. The van der Waals surface area contributed by atoms with Crippen molar-refractivity contribution < 1.29 is 37.8 Å². The van der Waals surface area contributed by atoms with Gasteiger partial charge in [0.2, 0.25) is 11.8 Å². The number of ether oxygens (including phenoxy) is 1. The Hall–Kier alpha value is -3.82. The fourth-order valence-electron chi connectivity index (χ4n) is 5.65. The van der Waals surface area contributed by atoms with E-state index < -0.39 is 53.9 Å². The molecule has 2 heterocycles. The van der Waals surface area contributed by atoms with Gasteiger partial charge in [-0.1, -0.05) is 60.7 Å². The molecule has 2 amide bonds. The van der Waals surface area contributed by atoms with Crippen LogP contribution in [0.3, 0.4) is 0 Å². The first-order valence-corrected chi connectivity index (χ1v) is 14.1. The number of nitrogens with zero attached hydrogens (tertiary/aromatic N) is 2. The van der Waals surface area contributed by atoms with Gasteiger partial charge in [0, 0.05) is 24.9 Å². The lowest BCUT2D eigenvalue weighted by Crippen LogP contribution is -2.43. The molecule has 0 radical (unpaired) electrons. The number of alkyl halides is 2. The van der Waals surface area contributed by atoms with Gasteiger partial charge in [0.1, 0.15) is 0 Å². The summed E-state index contributed by atoms with van der Waals surface area (Å²) in [5.41, 5.74) is -1.24. The zero-order valence-electron chi connectivity index (χ0n) is 24.8. The van der Waals surface area contributed by atoms with Crippen LogP contribution in [-0.2, 0) is 23.9 Å². The highest BCUT2D eigenvalue weighted by Crippen LogP contribution is 2.43. The molecule has 2 aromatic rings. The number of esters is 1. The number of hydrogen-bond donors (Lipinski definition) is 1. The topological polar surface area (TPSA) is 104 Å². The van der Waals surface area contributed by atoms with Crippen LogP contribution in [0.4, 0.5) is 8.78 Å². The number of carboxylic acids is 1. The predicted octanol–water partition coefficient (Wildman–Crippen LogP) is 5.01. The summed E-state index contributed by atoms with van der Waals surface area (Å²) in [6.45, 7) is 7.20. The van der Waals surface area contributed by atoms with Crippen molar-refractivity contribution in [2.75, 3.05) is 33.0 Å². The summed E-state index contributed by atoms with van der Waals surface area (Å²) in [4.78, 5) is 51.9. The van der Waals surface area contributed by atoms with Gasteiger partial charge < -0.3 is 19.6 Å². The van der Waals surface area contributed by atoms with E-state index in [2.05, 4.69) is 0 Å². The van der Waals surface area contributed by atoms with Crippen molar-refractivity contribution in [1.29, 1.82) is 0 Å². The third kappa shape index (κ3) is 5.89. The Kier molecular flexibility index (Phi) is 10.5. The molecule has 42 heavy (non-hydrogen) atoms. The van der Waals surface area contributed by atoms with Crippen LogP contribution in [0.25, 0.3) is 0 Å². The zero-order chi connectivity index (χ0) is 31.2. The van der Waals surface area contributed by atoms with Gasteiger partial charge in [0.05, 0.1) is 32.0 Å². The van der Waals surface area contributed by atoms with Crippen molar-refractivity contribution in [2.45, 2.75) is 46.7 Å². The standard InChI is InChI=1S/C17H22FNO3.C15H18FNO3/c1-4-22-16(21)17(3)14(10-18)11-19(15(17)20)12(2)13-8-6-5-7-9-13;1-10(11-6-4-3-5-7-11)17-9-12(8-16)15(2,13(17)18)14(19)20/h5-9,12,14H,4,10-11H2,1-3H3;3-7,10,12H,8-9H2,1-2H3,(H,19,20)/t12-,14+,17+;10-,12+,15+/m11/s1. The molecule has 0 saturated carbocycles. The predicted molar refractivity (Wildman–Crippen MR) is 153 cm³/mol. The van der Waals surface area contributed by atoms with Crippen molar-refractivity contribution in [3.05, 3.63) is 71.8 Å². The van der Waals surface area contributed by atoms with Crippen molar-refractivity contribution in [2.24, 2.45) is 22.7 Å². The van der Waals surface area contributed by atoms with Gasteiger partial charge in [-0.3, -0.25) is 28.0 Å². The van der Waals surface area contributed by atoms with Crippen LogP contribution in [-0.4, -0.2) is 71.7 Å². The molecule has 0 spiro atoms. The maximum Gasteiger partial charge on any atom is 0.321 e. The third-order valence-corrected chi connectivity index (χ3v) is 8.89. The molecule has 0 unspecified atom stereocenters. The second-order valence-electron chi connectivity index (χ2n) is 11.2. The molecule has 1 N–H and O–H groups in total. The lowest BCUT2D eigenvalue weighted by molar-refractivity contribution is -0.163. The first-order valence-electron chi connectivity index (χ1n) is 14.1. The number of halogens is 2. The molecule has 2 aliphatic heterocycles. The largest absolute Gasteiger partial charge is 0.480 e. The molecule has 2 aromatic carbocycles. The highest BCUT2D eigenvalue weighted by atomic mass is 19.1. The average molecular weight is 587 g/mol. The molecule has 6 atom stereocenters. The van der Waals surface area contributed by atoms with Crippen LogP contribution in [0.15, 0.2) is 60.7 Å². The lowest BCUT2D eigenvalue weighted by Gasteiger charge is -2.27. The van der Waals surface area contributed by atoms with Gasteiger partial charge >= 0.3 is 11.9 Å². The molecule has 4 rings (SSSR count). The van der Waals surface area contributed by atoms with Crippen molar-refractivity contribution in [3.63, 3.8) is 0 Å². The zero-order valence-corrected chi connectivity index (χ0v) is 24.8. The number of likely N-dealkylation sites (tertiary alicyclic amines) is 2. The number of carbonyl (C=O) groups is 4. The summed E-state index contributed by atoms with van der Waals surface area (Å²) in [5, 5.41) is 9.30. The van der Waals surface area contributed by atoms with Crippen LogP contribution < -0.4 is 0 Å². The minimum absolute atomic E-state index is 0.133. The van der Waals surface area contributed by atoms with Gasteiger partial charge in [0.25, 0.3) is 0 Å². The average Bonchev–Trinajstić information content (AvgIpc) is 3.43. The quantitative estimate of drug-likeness (QED) is 0.327. The Morgan fingerprint density at radius 1 is 0.833 bits per heavy atom. The number of benzene rings is 2. The fraction of sp³-hybridized carbons (Fsp3) is 0.500. The number of carbonyl (C=O) groups excluding carboxylic acids is 3. The van der Waals surface area contributed by atoms with Crippen molar-refractivity contribution >= 4 is 23.8 Å². The number of hydrogen-bond acceptors (Lipinski definition) is 5. The van der Waals surface area contributed by atoms with Crippen molar-refractivity contribution in [3.8, 4) is 0 Å². The monoisotopic (exact) mass is 586 g/mol. The van der Waals surface area contributed by atoms with Gasteiger partial charge in [-0.15, -0.1) is 0 Å². The summed E-state index contributed by atoms with van der Waals surface area (Å²) in [7, 11) is 0. The third-order valence-electron chi connectivity index (χ3n) is 8.89. The van der Waals surface area contributed by atoms with E-state index in [1.807, 2.05) is 74.5 Å². The van der Waals surface area contributed by atoms with Crippen LogP contribution in [0.2, 0.25) is 0 Å². The molecule has 0 bridgehead atoms. The molecule has 8 nitrogen and oxygen atoms in total. The van der Waals surface area contributed by atoms with E-state index in [1.54, 1.807) is 11.8 Å². The lowest BCUT2D eigenvalue weighted by atomic mass is 9.80. The normalized spacial score (nSPS) is 26.8. The minimum atomic E-state index is -1.67. The van der Waals surface area contributed by atoms with E-state index in [-0.39, 0.29) is 37.7 Å². The Labute approximate surface area is 245 Å². The highest BCUT2D eigenvalue weighted by Gasteiger charge is 2.58. The maximum absolute atomic E-state index is 13.4. The summed E-state index contributed by atoms with van der Waals surface area (Å²) in [5.74, 6) is -4.24.